The molecule has 7 nitrogen and oxygen atoms in total. The van der Waals surface area contributed by atoms with Gasteiger partial charge in [-0.25, -0.2) is 9.78 Å². The van der Waals surface area contributed by atoms with Crippen molar-refractivity contribution in [2.24, 2.45) is 0 Å². The number of piperazine rings is 1. The van der Waals surface area contributed by atoms with Crippen LogP contribution in [0.4, 0.5) is 0 Å². The predicted octanol–water partition coefficient (Wildman–Crippen LogP) is 0.542. The monoisotopic (exact) mass is 316 g/mol. The zero-order valence-electron chi connectivity index (χ0n) is 13.1. The second-order valence-electron chi connectivity index (χ2n) is 5.47. The van der Waals surface area contributed by atoms with Crippen LogP contribution in [-0.2, 0) is 20.9 Å². The molecule has 1 aliphatic heterocycles. The summed E-state index contributed by atoms with van der Waals surface area (Å²) in [7, 11) is 0. The first-order valence-electron chi connectivity index (χ1n) is 7.78. The van der Waals surface area contributed by atoms with Crippen LogP contribution in [0.15, 0.2) is 30.6 Å². The molecule has 1 saturated heterocycles. The molecule has 0 atom stereocenters. The fourth-order valence-electron chi connectivity index (χ4n) is 2.76. The number of amides is 1. The fourth-order valence-corrected chi connectivity index (χ4v) is 2.76. The maximum absolute atomic E-state index is 11.9. The molecule has 23 heavy (non-hydrogen) atoms. The lowest BCUT2D eigenvalue weighted by molar-refractivity contribution is -0.160. The molecule has 3 heterocycles. The minimum Gasteiger partial charge on any atom is -0.459 e. The zero-order chi connectivity index (χ0) is 16.2. The number of rotatable bonds is 3. The van der Waals surface area contributed by atoms with Crippen LogP contribution in [0.1, 0.15) is 12.6 Å². The third-order valence-electron chi connectivity index (χ3n) is 3.99. The van der Waals surface area contributed by atoms with E-state index in [9.17, 15) is 9.59 Å². The molecule has 3 rings (SSSR count). The number of pyridine rings is 1. The molecule has 122 valence electrons. The van der Waals surface area contributed by atoms with Crippen LogP contribution in [0.25, 0.3) is 5.65 Å². The van der Waals surface area contributed by atoms with E-state index in [0.717, 1.165) is 31.0 Å². The van der Waals surface area contributed by atoms with Crippen LogP contribution >= 0.6 is 0 Å². The van der Waals surface area contributed by atoms with Gasteiger partial charge in [0.25, 0.3) is 0 Å². The van der Waals surface area contributed by atoms with Gasteiger partial charge in [-0.05, 0) is 19.1 Å². The molecule has 0 saturated carbocycles. The van der Waals surface area contributed by atoms with Crippen LogP contribution < -0.4 is 0 Å². The van der Waals surface area contributed by atoms with Gasteiger partial charge in [0.1, 0.15) is 5.65 Å². The number of carbonyl (C=O) groups is 2. The van der Waals surface area contributed by atoms with Crippen molar-refractivity contribution in [2.75, 3.05) is 32.8 Å². The first-order chi connectivity index (χ1) is 11.2. The largest absolute Gasteiger partial charge is 0.459 e. The van der Waals surface area contributed by atoms with Gasteiger partial charge in [0.2, 0.25) is 0 Å². The number of hydrogen-bond acceptors (Lipinski definition) is 5. The molecule has 0 N–H and O–H groups in total. The van der Waals surface area contributed by atoms with Gasteiger partial charge in [-0.3, -0.25) is 9.69 Å². The van der Waals surface area contributed by atoms with Gasteiger partial charge in [0, 0.05) is 38.9 Å². The zero-order valence-corrected chi connectivity index (χ0v) is 13.1. The normalized spacial score (nSPS) is 15.8. The highest BCUT2D eigenvalue weighted by atomic mass is 16.5. The molecule has 1 fully saturated rings. The molecule has 0 aliphatic carbocycles. The molecule has 0 spiro atoms. The van der Waals surface area contributed by atoms with Crippen LogP contribution in [-0.4, -0.2) is 63.8 Å². The average molecular weight is 316 g/mol. The van der Waals surface area contributed by atoms with E-state index in [-0.39, 0.29) is 6.61 Å². The topological polar surface area (TPSA) is 67.2 Å². The molecule has 7 heteroatoms. The van der Waals surface area contributed by atoms with Gasteiger partial charge in [-0.15, -0.1) is 0 Å². The molecule has 2 aromatic rings. The smallest absolute Gasteiger partial charge is 0.397 e. The summed E-state index contributed by atoms with van der Waals surface area (Å²) in [5, 5.41) is 0. The number of aromatic nitrogens is 2. The van der Waals surface area contributed by atoms with E-state index < -0.39 is 11.9 Å². The molecule has 0 bridgehead atoms. The second kappa shape index (κ2) is 6.78. The first-order valence-corrected chi connectivity index (χ1v) is 7.78. The Hall–Kier alpha value is -2.41. The molecule has 1 amide bonds. The van der Waals surface area contributed by atoms with Crippen LogP contribution in [0.3, 0.4) is 0 Å². The lowest BCUT2D eigenvalue weighted by Gasteiger charge is -2.33. The van der Waals surface area contributed by atoms with Gasteiger partial charge in [-0.1, -0.05) is 6.07 Å². The van der Waals surface area contributed by atoms with Gasteiger partial charge in [-0.2, -0.15) is 0 Å². The van der Waals surface area contributed by atoms with Gasteiger partial charge in [0.05, 0.1) is 18.5 Å². The molecular formula is C16H20N4O3. The number of nitrogens with zero attached hydrogens (tertiary/aromatic N) is 4. The van der Waals surface area contributed by atoms with Crippen molar-refractivity contribution in [3.8, 4) is 0 Å². The Morgan fingerprint density at radius 3 is 2.74 bits per heavy atom. The summed E-state index contributed by atoms with van der Waals surface area (Å²) in [6, 6.07) is 5.92. The van der Waals surface area contributed by atoms with Crippen molar-refractivity contribution in [2.45, 2.75) is 13.5 Å². The summed E-state index contributed by atoms with van der Waals surface area (Å²) in [4.78, 5) is 31.6. The highest BCUT2D eigenvalue weighted by molar-refractivity contribution is 6.32. The Kier molecular flexibility index (Phi) is 4.57. The van der Waals surface area contributed by atoms with Crippen LogP contribution in [0.2, 0.25) is 0 Å². The Morgan fingerprint density at radius 2 is 2.00 bits per heavy atom. The lowest BCUT2D eigenvalue weighted by atomic mass is 10.3. The highest BCUT2D eigenvalue weighted by Gasteiger charge is 2.27. The average Bonchev–Trinajstić information content (AvgIpc) is 2.98. The SMILES string of the molecule is CCOC(=O)C(=O)N1CCN(Cc2cnc3ccccn23)CC1. The molecular weight excluding hydrogens is 296 g/mol. The summed E-state index contributed by atoms with van der Waals surface area (Å²) in [6.45, 7) is 5.21. The van der Waals surface area contributed by atoms with Crippen molar-refractivity contribution in [1.82, 2.24) is 19.2 Å². The van der Waals surface area contributed by atoms with E-state index in [1.165, 1.54) is 0 Å². The van der Waals surface area contributed by atoms with E-state index >= 15 is 0 Å². The van der Waals surface area contributed by atoms with E-state index in [4.69, 9.17) is 4.74 Å². The Labute approximate surface area is 134 Å². The van der Waals surface area contributed by atoms with Crippen molar-refractivity contribution in [3.05, 3.63) is 36.3 Å². The number of ether oxygens (including phenoxy) is 1. The second-order valence-corrected chi connectivity index (χ2v) is 5.47. The Balaban J connectivity index is 1.57. The molecule has 0 radical (unpaired) electrons. The lowest BCUT2D eigenvalue weighted by Crippen LogP contribution is -2.50. The Bertz CT molecular complexity index is 704. The van der Waals surface area contributed by atoms with Crippen molar-refractivity contribution in [1.29, 1.82) is 0 Å². The predicted molar refractivity (Wildman–Crippen MR) is 83.7 cm³/mol. The third kappa shape index (κ3) is 3.34. The standard InChI is InChI=1S/C16H20N4O3/c1-2-23-16(22)15(21)19-9-7-18(8-10-19)12-13-11-17-14-5-3-4-6-20(13)14/h3-6,11H,2,7-10,12H2,1H3. The number of carbonyl (C=O) groups excluding carboxylic acids is 2. The highest BCUT2D eigenvalue weighted by Crippen LogP contribution is 2.11. The quantitative estimate of drug-likeness (QED) is 0.611. The molecule has 2 aromatic heterocycles. The van der Waals surface area contributed by atoms with Crippen LogP contribution in [0.5, 0.6) is 0 Å². The van der Waals surface area contributed by atoms with Crippen molar-refractivity contribution < 1.29 is 14.3 Å². The molecule has 0 unspecified atom stereocenters. The van der Waals surface area contributed by atoms with Gasteiger partial charge in [0.15, 0.2) is 0 Å². The number of hydrogen-bond donors (Lipinski definition) is 0. The fraction of sp³-hybridized carbons (Fsp3) is 0.438. The van der Waals surface area contributed by atoms with E-state index in [1.807, 2.05) is 30.6 Å². The maximum Gasteiger partial charge on any atom is 0.397 e. The summed E-state index contributed by atoms with van der Waals surface area (Å²) < 4.78 is 6.83. The van der Waals surface area contributed by atoms with E-state index in [0.29, 0.717) is 13.1 Å². The van der Waals surface area contributed by atoms with E-state index in [1.54, 1.807) is 11.8 Å². The summed E-state index contributed by atoms with van der Waals surface area (Å²) in [5.74, 6) is -1.30. The Morgan fingerprint density at radius 1 is 1.22 bits per heavy atom. The number of fused-ring (bicyclic) bond motifs is 1. The molecule has 1 aliphatic rings. The number of imidazole rings is 1. The van der Waals surface area contributed by atoms with Crippen LogP contribution in [0, 0.1) is 0 Å². The van der Waals surface area contributed by atoms with Gasteiger partial charge < -0.3 is 14.0 Å². The van der Waals surface area contributed by atoms with E-state index in [2.05, 4.69) is 14.3 Å². The maximum atomic E-state index is 11.9. The third-order valence-corrected chi connectivity index (χ3v) is 3.99. The summed E-state index contributed by atoms with van der Waals surface area (Å²) in [6.07, 6.45) is 3.88. The molecule has 0 aromatic carbocycles. The van der Waals surface area contributed by atoms with Gasteiger partial charge >= 0.3 is 11.9 Å². The minimum absolute atomic E-state index is 0.221. The summed E-state index contributed by atoms with van der Waals surface area (Å²) >= 11 is 0. The number of esters is 1. The van der Waals surface area contributed by atoms with Crippen molar-refractivity contribution >= 4 is 17.5 Å². The first kappa shape index (κ1) is 15.5. The minimum atomic E-state index is -0.761. The van der Waals surface area contributed by atoms with Crippen molar-refractivity contribution in [3.63, 3.8) is 0 Å². The summed E-state index contributed by atoms with van der Waals surface area (Å²) in [5.41, 5.74) is 2.05.